The summed E-state index contributed by atoms with van der Waals surface area (Å²) in [5.41, 5.74) is 0. The third-order valence-corrected chi connectivity index (χ3v) is 8.77. The molecule has 46 heavy (non-hydrogen) atoms. The Hall–Kier alpha value is -1.21. The van der Waals surface area contributed by atoms with Crippen molar-refractivity contribution in [3.63, 3.8) is 0 Å². The summed E-state index contributed by atoms with van der Waals surface area (Å²) < 4.78 is 26.2. The number of allylic oxidation sites excluding steroid dienone is 2. The molecule has 1 atom stereocenters. The number of carbonyl (C=O) groups excluding carboxylic acids is 2. The fourth-order valence-corrected chi connectivity index (χ4v) is 5.79. The molecular weight excluding hydrogens is 603 g/mol. The second-order valence-electron chi connectivity index (χ2n) is 12.9. The Morgan fingerprint density at radius 1 is 0.543 bits per heavy atom. The molecule has 0 saturated carbocycles. The van der Waals surface area contributed by atoms with Crippen molar-refractivity contribution in [1.29, 1.82) is 0 Å². The predicted octanol–water partition coefficient (Wildman–Crippen LogP) is 11.1. The topological polar surface area (TPSA) is 119 Å². The Morgan fingerprint density at radius 3 is 1.33 bits per heavy atom. The van der Waals surface area contributed by atoms with Gasteiger partial charge in [-0.3, -0.25) is 14.1 Å². The number of phosphoric acid groups is 1. The second kappa shape index (κ2) is 33.7. The molecule has 272 valence electrons. The maximum atomic E-state index is 12.3. The molecule has 0 amide bonds. The zero-order valence-electron chi connectivity index (χ0n) is 29.7. The molecule has 0 aliphatic heterocycles. The number of hydrogen-bond donors (Lipinski definition) is 2. The molecule has 0 aromatic heterocycles. The Morgan fingerprint density at radius 2 is 0.913 bits per heavy atom. The first-order valence-electron chi connectivity index (χ1n) is 19.0. The van der Waals surface area contributed by atoms with E-state index in [0.717, 1.165) is 44.9 Å². The summed E-state index contributed by atoms with van der Waals surface area (Å²) >= 11 is 0. The maximum Gasteiger partial charge on any atom is 0.469 e. The molecular formula is C37H71O8P. The molecule has 0 heterocycles. The standard InChI is InChI=1S/C37H71O8P/c1-3-5-7-9-11-13-14-15-16-17-18-19-20-21-22-24-26-28-30-32-37(39)45-35(34-44-46(40,41)42)33-43-36(38)31-29-27-25-23-12-10-8-6-4-2/h17-18,35H,3-16,19-34H2,1-2H3,(H2,40,41,42)/b18-17-/t35-/m1/s1. The van der Waals surface area contributed by atoms with E-state index < -0.39 is 32.5 Å². The van der Waals surface area contributed by atoms with Crippen molar-refractivity contribution >= 4 is 19.8 Å². The lowest BCUT2D eigenvalue weighted by atomic mass is 10.1. The molecule has 0 fully saturated rings. The van der Waals surface area contributed by atoms with Crippen molar-refractivity contribution < 1.29 is 37.9 Å². The highest BCUT2D eigenvalue weighted by atomic mass is 31.2. The summed E-state index contributed by atoms with van der Waals surface area (Å²) in [7, 11) is -4.74. The molecule has 0 bridgehead atoms. The zero-order chi connectivity index (χ0) is 34.0. The van der Waals surface area contributed by atoms with E-state index in [9.17, 15) is 14.2 Å². The van der Waals surface area contributed by atoms with E-state index >= 15 is 0 Å². The van der Waals surface area contributed by atoms with Gasteiger partial charge in [0.15, 0.2) is 6.10 Å². The minimum atomic E-state index is -4.74. The minimum Gasteiger partial charge on any atom is -0.462 e. The number of carbonyl (C=O) groups is 2. The number of rotatable bonds is 35. The van der Waals surface area contributed by atoms with Gasteiger partial charge in [0.25, 0.3) is 0 Å². The number of esters is 2. The van der Waals surface area contributed by atoms with E-state index in [0.29, 0.717) is 6.42 Å². The molecule has 8 nitrogen and oxygen atoms in total. The van der Waals surface area contributed by atoms with Crippen LogP contribution in [0.15, 0.2) is 12.2 Å². The summed E-state index contributed by atoms with van der Waals surface area (Å²) in [6.07, 6.45) is 35.1. The monoisotopic (exact) mass is 674 g/mol. The Labute approximate surface area is 282 Å². The van der Waals surface area contributed by atoms with Gasteiger partial charge in [-0.25, -0.2) is 4.57 Å². The van der Waals surface area contributed by atoms with Crippen LogP contribution in [-0.2, 0) is 28.2 Å². The first-order chi connectivity index (χ1) is 22.3. The third-order valence-electron chi connectivity index (χ3n) is 8.28. The highest BCUT2D eigenvalue weighted by Gasteiger charge is 2.22. The van der Waals surface area contributed by atoms with Gasteiger partial charge in [0.05, 0.1) is 6.61 Å². The average molecular weight is 675 g/mol. The van der Waals surface area contributed by atoms with Crippen LogP contribution >= 0.6 is 7.82 Å². The molecule has 0 aromatic rings. The van der Waals surface area contributed by atoms with Gasteiger partial charge >= 0.3 is 19.8 Å². The van der Waals surface area contributed by atoms with Crippen LogP contribution in [0.5, 0.6) is 0 Å². The van der Waals surface area contributed by atoms with Gasteiger partial charge in [-0.2, -0.15) is 0 Å². The van der Waals surface area contributed by atoms with Gasteiger partial charge in [-0.1, -0.05) is 154 Å². The van der Waals surface area contributed by atoms with Gasteiger partial charge in [-0.15, -0.1) is 0 Å². The van der Waals surface area contributed by atoms with Crippen LogP contribution in [0.25, 0.3) is 0 Å². The molecule has 0 radical (unpaired) electrons. The van der Waals surface area contributed by atoms with Crippen LogP contribution in [-0.4, -0.2) is 41.0 Å². The zero-order valence-corrected chi connectivity index (χ0v) is 30.6. The van der Waals surface area contributed by atoms with Gasteiger partial charge in [0, 0.05) is 12.8 Å². The molecule has 0 saturated heterocycles. The summed E-state index contributed by atoms with van der Waals surface area (Å²) in [5, 5.41) is 0. The smallest absolute Gasteiger partial charge is 0.462 e. The van der Waals surface area contributed by atoms with Gasteiger partial charge < -0.3 is 19.3 Å². The van der Waals surface area contributed by atoms with Crippen LogP contribution in [0.3, 0.4) is 0 Å². The molecule has 0 aliphatic carbocycles. The fourth-order valence-electron chi connectivity index (χ4n) is 5.43. The second-order valence-corrected chi connectivity index (χ2v) is 14.1. The van der Waals surface area contributed by atoms with Gasteiger partial charge in [0.1, 0.15) is 6.61 Å². The summed E-state index contributed by atoms with van der Waals surface area (Å²) in [6.45, 7) is 3.66. The largest absolute Gasteiger partial charge is 0.469 e. The lowest BCUT2D eigenvalue weighted by Crippen LogP contribution is -2.29. The maximum absolute atomic E-state index is 12.3. The Bertz CT molecular complexity index is 766. The molecule has 9 heteroatoms. The SMILES string of the molecule is CCCCCCCCCC/C=C\CCCCCCCCCC(=O)O[C@H](COC(=O)CCCCCCCCCCC)COP(=O)(O)O. The van der Waals surface area contributed by atoms with Gasteiger partial charge in [-0.05, 0) is 38.5 Å². The number of unbranched alkanes of at least 4 members (excludes halogenated alkanes) is 23. The Balaban J connectivity index is 3.89. The minimum absolute atomic E-state index is 0.211. The van der Waals surface area contributed by atoms with E-state index in [-0.39, 0.29) is 19.4 Å². The van der Waals surface area contributed by atoms with E-state index in [2.05, 4.69) is 30.5 Å². The number of hydrogen-bond acceptors (Lipinski definition) is 6. The van der Waals surface area contributed by atoms with Crippen molar-refractivity contribution in [3.8, 4) is 0 Å². The summed E-state index contributed by atoms with van der Waals surface area (Å²) in [5.74, 6) is -0.886. The van der Waals surface area contributed by atoms with E-state index in [1.54, 1.807) is 0 Å². The molecule has 0 unspecified atom stereocenters. The molecule has 0 aromatic carbocycles. The first kappa shape index (κ1) is 44.8. The van der Waals surface area contributed by atoms with Crippen molar-refractivity contribution in [2.75, 3.05) is 13.2 Å². The molecule has 0 aliphatic rings. The van der Waals surface area contributed by atoms with Crippen LogP contribution in [0.1, 0.15) is 194 Å². The quantitative estimate of drug-likeness (QED) is 0.0295. The summed E-state index contributed by atoms with van der Waals surface area (Å²) in [6, 6.07) is 0. The van der Waals surface area contributed by atoms with Crippen molar-refractivity contribution in [2.45, 2.75) is 200 Å². The normalized spacial score (nSPS) is 12.5. The van der Waals surface area contributed by atoms with E-state index in [4.69, 9.17) is 19.3 Å². The lowest BCUT2D eigenvalue weighted by molar-refractivity contribution is -0.161. The first-order valence-corrected chi connectivity index (χ1v) is 20.5. The Kier molecular flexibility index (Phi) is 32.8. The van der Waals surface area contributed by atoms with Crippen molar-refractivity contribution in [2.24, 2.45) is 0 Å². The van der Waals surface area contributed by atoms with Crippen LogP contribution in [0, 0.1) is 0 Å². The lowest BCUT2D eigenvalue weighted by Gasteiger charge is -2.18. The number of phosphoric ester groups is 1. The molecule has 2 N–H and O–H groups in total. The van der Waals surface area contributed by atoms with Crippen molar-refractivity contribution in [1.82, 2.24) is 0 Å². The predicted molar refractivity (Wildman–Crippen MR) is 189 cm³/mol. The van der Waals surface area contributed by atoms with Gasteiger partial charge in [0.2, 0.25) is 0 Å². The average Bonchev–Trinajstić information content (AvgIpc) is 3.02. The van der Waals surface area contributed by atoms with Crippen molar-refractivity contribution in [3.05, 3.63) is 12.2 Å². The van der Waals surface area contributed by atoms with E-state index in [1.807, 2.05) is 0 Å². The van der Waals surface area contributed by atoms with E-state index in [1.165, 1.54) is 116 Å². The molecule has 0 rings (SSSR count). The van der Waals surface area contributed by atoms with Crippen LogP contribution < -0.4 is 0 Å². The van der Waals surface area contributed by atoms with Crippen LogP contribution in [0.2, 0.25) is 0 Å². The highest BCUT2D eigenvalue weighted by Crippen LogP contribution is 2.36. The number of ether oxygens (including phenoxy) is 2. The summed E-state index contributed by atoms with van der Waals surface area (Å²) in [4.78, 5) is 42.6. The highest BCUT2D eigenvalue weighted by molar-refractivity contribution is 7.46. The third kappa shape index (κ3) is 35.6. The fraction of sp³-hybridized carbons (Fsp3) is 0.892. The molecule has 0 spiro atoms. The van der Waals surface area contributed by atoms with Crippen LogP contribution in [0.4, 0.5) is 0 Å².